The summed E-state index contributed by atoms with van der Waals surface area (Å²) in [7, 11) is 0. The van der Waals surface area contributed by atoms with Gasteiger partial charge in [-0.3, -0.25) is 10.2 Å². The predicted octanol–water partition coefficient (Wildman–Crippen LogP) is 1.96. The van der Waals surface area contributed by atoms with Crippen molar-refractivity contribution in [3.63, 3.8) is 0 Å². The third-order valence-corrected chi connectivity index (χ3v) is 2.88. The van der Waals surface area contributed by atoms with E-state index in [-0.39, 0.29) is 18.2 Å². The molecule has 1 fully saturated rings. The molecule has 2 N–H and O–H groups in total. The Morgan fingerprint density at radius 3 is 2.83 bits per heavy atom. The zero-order chi connectivity index (χ0) is 13.3. The summed E-state index contributed by atoms with van der Waals surface area (Å²) in [4.78, 5) is 22.3. The zero-order valence-corrected chi connectivity index (χ0v) is 10.4. The number of anilines is 1. The van der Waals surface area contributed by atoms with E-state index in [0.717, 1.165) is 0 Å². The van der Waals surface area contributed by atoms with Crippen molar-refractivity contribution < 1.29 is 14.3 Å². The van der Waals surface area contributed by atoms with E-state index < -0.39 is 11.9 Å². The lowest BCUT2D eigenvalue weighted by molar-refractivity contribution is -0.132. The van der Waals surface area contributed by atoms with Gasteiger partial charge in [0.2, 0.25) is 5.91 Å². The zero-order valence-electron chi connectivity index (χ0n) is 9.62. The van der Waals surface area contributed by atoms with Gasteiger partial charge in [-0.2, -0.15) is 0 Å². The van der Waals surface area contributed by atoms with E-state index in [1.807, 2.05) is 0 Å². The molecule has 1 aliphatic rings. The normalized spacial score (nSPS) is 18.7. The molecule has 18 heavy (non-hydrogen) atoms. The maximum Gasteiger partial charge on any atom is 0.352 e. The largest absolute Gasteiger partial charge is 0.460 e. The number of ether oxygens (including phenoxy) is 1. The fraction of sp³-hybridized carbons (Fsp3) is 0.250. The topological polar surface area (TPSA) is 79.2 Å². The van der Waals surface area contributed by atoms with Crippen LogP contribution in [0.15, 0.2) is 18.2 Å². The minimum Gasteiger partial charge on any atom is -0.460 e. The second-order valence-electron chi connectivity index (χ2n) is 3.98. The molecule has 0 radical (unpaired) electrons. The van der Waals surface area contributed by atoms with Crippen molar-refractivity contribution >= 4 is 34.9 Å². The Balaban J connectivity index is 2.42. The summed E-state index contributed by atoms with van der Waals surface area (Å²) in [6, 6.07) is 4.92. The predicted molar refractivity (Wildman–Crippen MR) is 67.2 cm³/mol. The molecule has 6 heteroatoms. The minimum absolute atomic E-state index is 0.102. The van der Waals surface area contributed by atoms with Gasteiger partial charge in [0.15, 0.2) is 0 Å². The summed E-state index contributed by atoms with van der Waals surface area (Å²) in [6.45, 7) is 1.49. The standard InChI is InChI=1S/C12H11ClN2O3/c1-6(16)15-10-3-2-7(13)4-8(10)9-5-18-12(17)11(9)14/h2-4,9,14H,5H2,1H3,(H,15,16). The first kappa shape index (κ1) is 12.6. The number of cyclic esters (lactones) is 1. The van der Waals surface area contributed by atoms with Crippen LogP contribution in [0, 0.1) is 5.41 Å². The molecule has 1 aliphatic heterocycles. The molecule has 1 aromatic carbocycles. The van der Waals surface area contributed by atoms with Gasteiger partial charge in [0.1, 0.15) is 12.3 Å². The quantitative estimate of drug-likeness (QED) is 0.803. The molecule has 2 rings (SSSR count). The lowest BCUT2D eigenvalue weighted by atomic mass is 9.95. The third kappa shape index (κ3) is 2.36. The van der Waals surface area contributed by atoms with Gasteiger partial charge in [0.25, 0.3) is 0 Å². The van der Waals surface area contributed by atoms with E-state index in [2.05, 4.69) is 5.32 Å². The Morgan fingerprint density at radius 2 is 2.28 bits per heavy atom. The number of halogens is 1. The molecule has 0 saturated carbocycles. The Bertz CT molecular complexity index is 542. The Hall–Kier alpha value is -1.88. The van der Waals surface area contributed by atoms with Gasteiger partial charge in [0.05, 0.1) is 5.92 Å². The van der Waals surface area contributed by atoms with E-state index in [1.165, 1.54) is 6.92 Å². The van der Waals surface area contributed by atoms with Crippen LogP contribution in [0.2, 0.25) is 5.02 Å². The molecule has 1 heterocycles. The fourth-order valence-electron chi connectivity index (χ4n) is 1.83. The molecule has 1 atom stereocenters. The van der Waals surface area contributed by atoms with Gasteiger partial charge < -0.3 is 10.1 Å². The summed E-state index contributed by atoms with van der Waals surface area (Å²) in [6.07, 6.45) is 0. The van der Waals surface area contributed by atoms with E-state index in [0.29, 0.717) is 16.3 Å². The first-order chi connectivity index (χ1) is 8.49. The Labute approximate surface area is 109 Å². The number of hydrogen-bond donors (Lipinski definition) is 2. The molecule has 0 aliphatic carbocycles. The van der Waals surface area contributed by atoms with Crippen LogP contribution in [-0.2, 0) is 14.3 Å². The number of carbonyl (C=O) groups is 2. The Morgan fingerprint density at radius 1 is 1.56 bits per heavy atom. The molecule has 0 aromatic heterocycles. The highest BCUT2D eigenvalue weighted by Crippen LogP contribution is 2.31. The number of esters is 1. The van der Waals surface area contributed by atoms with Crippen molar-refractivity contribution in [1.82, 2.24) is 0 Å². The molecule has 0 bridgehead atoms. The summed E-state index contributed by atoms with van der Waals surface area (Å²) in [5.41, 5.74) is 1.04. The van der Waals surface area contributed by atoms with Crippen LogP contribution in [0.5, 0.6) is 0 Å². The average Bonchev–Trinajstić information content (AvgIpc) is 2.62. The molecule has 1 aromatic rings. The van der Waals surface area contributed by atoms with Gasteiger partial charge >= 0.3 is 5.97 Å². The highest BCUT2D eigenvalue weighted by Gasteiger charge is 2.33. The first-order valence-corrected chi connectivity index (χ1v) is 5.69. The highest BCUT2D eigenvalue weighted by molar-refractivity contribution is 6.39. The van der Waals surface area contributed by atoms with Gasteiger partial charge in [-0.1, -0.05) is 11.6 Å². The van der Waals surface area contributed by atoms with Crippen LogP contribution >= 0.6 is 11.6 Å². The number of benzene rings is 1. The lowest BCUT2D eigenvalue weighted by Crippen LogP contribution is -2.16. The lowest BCUT2D eigenvalue weighted by Gasteiger charge is -2.14. The first-order valence-electron chi connectivity index (χ1n) is 5.31. The fourth-order valence-corrected chi connectivity index (χ4v) is 2.01. The molecule has 0 spiro atoms. The molecule has 5 nitrogen and oxygen atoms in total. The maximum atomic E-state index is 11.2. The van der Waals surface area contributed by atoms with Crippen LogP contribution in [0.4, 0.5) is 5.69 Å². The number of carbonyl (C=O) groups excluding carboxylic acids is 2. The highest BCUT2D eigenvalue weighted by atomic mass is 35.5. The monoisotopic (exact) mass is 266 g/mol. The minimum atomic E-state index is -0.631. The number of hydrogen-bond acceptors (Lipinski definition) is 4. The van der Waals surface area contributed by atoms with E-state index in [9.17, 15) is 9.59 Å². The van der Waals surface area contributed by atoms with Gasteiger partial charge in [0, 0.05) is 17.6 Å². The summed E-state index contributed by atoms with van der Waals surface area (Å²) < 4.78 is 4.81. The number of rotatable bonds is 2. The second-order valence-corrected chi connectivity index (χ2v) is 4.41. The second kappa shape index (κ2) is 4.78. The maximum absolute atomic E-state index is 11.2. The van der Waals surface area contributed by atoms with E-state index >= 15 is 0 Å². The Kier molecular flexibility index (Phi) is 3.34. The van der Waals surface area contributed by atoms with Crippen molar-refractivity contribution in [3.8, 4) is 0 Å². The van der Waals surface area contributed by atoms with Crippen molar-refractivity contribution in [1.29, 1.82) is 5.41 Å². The van der Waals surface area contributed by atoms with Crippen LogP contribution in [0.3, 0.4) is 0 Å². The SMILES string of the molecule is CC(=O)Nc1ccc(Cl)cc1C1COC(=O)C1=N. The van der Waals surface area contributed by atoms with E-state index in [4.69, 9.17) is 21.7 Å². The smallest absolute Gasteiger partial charge is 0.352 e. The van der Waals surface area contributed by atoms with Crippen molar-refractivity contribution in [3.05, 3.63) is 28.8 Å². The summed E-state index contributed by atoms with van der Waals surface area (Å²) >= 11 is 5.91. The number of amides is 1. The van der Waals surface area contributed by atoms with E-state index in [1.54, 1.807) is 18.2 Å². The van der Waals surface area contributed by atoms with Crippen molar-refractivity contribution in [2.75, 3.05) is 11.9 Å². The molecule has 1 unspecified atom stereocenters. The van der Waals surface area contributed by atoms with Crippen LogP contribution in [-0.4, -0.2) is 24.2 Å². The molecule has 1 saturated heterocycles. The van der Waals surface area contributed by atoms with Crippen molar-refractivity contribution in [2.45, 2.75) is 12.8 Å². The average molecular weight is 267 g/mol. The van der Waals surface area contributed by atoms with Gasteiger partial charge in [-0.15, -0.1) is 0 Å². The van der Waals surface area contributed by atoms with Gasteiger partial charge in [-0.05, 0) is 23.8 Å². The molecule has 1 amide bonds. The summed E-state index contributed by atoms with van der Waals surface area (Å²) in [5.74, 6) is -1.35. The molecular formula is C12H11ClN2O3. The third-order valence-electron chi connectivity index (χ3n) is 2.65. The van der Waals surface area contributed by atoms with Gasteiger partial charge in [-0.25, -0.2) is 4.79 Å². The number of nitrogens with one attached hydrogen (secondary N) is 2. The van der Waals surface area contributed by atoms with Crippen molar-refractivity contribution in [2.24, 2.45) is 0 Å². The van der Waals surface area contributed by atoms with Crippen LogP contribution < -0.4 is 5.32 Å². The van der Waals surface area contributed by atoms with Crippen LogP contribution in [0.25, 0.3) is 0 Å². The molecule has 94 valence electrons. The van der Waals surface area contributed by atoms with Crippen LogP contribution in [0.1, 0.15) is 18.4 Å². The summed E-state index contributed by atoms with van der Waals surface area (Å²) in [5, 5.41) is 10.8. The molecular weight excluding hydrogens is 256 g/mol.